The fourth-order valence-corrected chi connectivity index (χ4v) is 6.72. The van der Waals surface area contributed by atoms with Gasteiger partial charge in [0.15, 0.2) is 0 Å². The summed E-state index contributed by atoms with van der Waals surface area (Å²) in [4.78, 5) is 21.7. The van der Waals surface area contributed by atoms with Crippen LogP contribution in [-0.4, -0.2) is 41.0 Å². The minimum Gasteiger partial charge on any atom is -0.317 e. The molecule has 0 spiro atoms. The Morgan fingerprint density at radius 2 is 2.03 bits per heavy atom. The largest absolute Gasteiger partial charge is 0.317 e. The molecule has 7 heteroatoms. The van der Waals surface area contributed by atoms with Crippen molar-refractivity contribution < 1.29 is 4.79 Å². The topological polar surface area (TPSA) is 57.3 Å². The summed E-state index contributed by atoms with van der Waals surface area (Å²) < 4.78 is 1.18. The third-order valence-electron chi connectivity index (χ3n) is 6.32. The number of para-hydroxylation sites is 1. The van der Waals surface area contributed by atoms with Crippen molar-refractivity contribution >= 4 is 43.8 Å². The fraction of sp³-hybridized carbons (Fsp3) is 0.520. The van der Waals surface area contributed by atoms with E-state index >= 15 is 0 Å². The molecule has 1 aromatic carbocycles. The van der Waals surface area contributed by atoms with Crippen molar-refractivity contribution in [3.05, 3.63) is 34.7 Å². The average Bonchev–Trinajstić information content (AvgIpc) is 3.34. The molecule has 2 unspecified atom stereocenters. The lowest BCUT2D eigenvalue weighted by molar-refractivity contribution is -0.116. The van der Waals surface area contributed by atoms with Crippen molar-refractivity contribution in [2.75, 3.05) is 18.4 Å². The molecule has 2 atom stereocenters. The molecule has 172 valence electrons. The smallest absolute Gasteiger partial charge is 0.226 e. The lowest BCUT2D eigenvalue weighted by atomic mass is 9.92. The van der Waals surface area contributed by atoms with E-state index in [0.717, 1.165) is 40.6 Å². The van der Waals surface area contributed by atoms with E-state index in [1.54, 1.807) is 22.7 Å². The minimum atomic E-state index is 0.0649. The predicted octanol–water partition coefficient (Wildman–Crippen LogP) is 6.07. The third kappa shape index (κ3) is 4.91. The van der Waals surface area contributed by atoms with Crippen LogP contribution in [0.3, 0.4) is 0 Å². The minimum absolute atomic E-state index is 0.0649. The van der Waals surface area contributed by atoms with Gasteiger partial charge in [-0.3, -0.25) is 9.69 Å². The molecule has 0 radical (unpaired) electrons. The fourth-order valence-electron chi connectivity index (χ4n) is 4.26. The Kier molecular flexibility index (Phi) is 7.30. The Bertz CT molecular complexity index is 1050. The number of nitrogens with one attached hydrogen (secondary N) is 2. The van der Waals surface area contributed by atoms with Crippen LogP contribution in [0, 0.1) is 0 Å². The van der Waals surface area contributed by atoms with Gasteiger partial charge in [0.2, 0.25) is 5.91 Å². The number of amides is 1. The Balaban J connectivity index is 1.67. The molecule has 3 heterocycles. The van der Waals surface area contributed by atoms with E-state index in [9.17, 15) is 4.79 Å². The number of nitrogens with zero attached hydrogens (tertiary/aromatic N) is 2. The first-order valence-corrected chi connectivity index (χ1v) is 13.3. The van der Waals surface area contributed by atoms with Gasteiger partial charge in [0, 0.05) is 48.6 Å². The summed E-state index contributed by atoms with van der Waals surface area (Å²) in [7, 11) is 0. The number of carbonyl (C=O) groups excluding carboxylic acids is 1. The van der Waals surface area contributed by atoms with E-state index < -0.39 is 0 Å². The van der Waals surface area contributed by atoms with Crippen molar-refractivity contribution in [3.8, 4) is 10.6 Å². The Morgan fingerprint density at radius 1 is 1.25 bits per heavy atom. The summed E-state index contributed by atoms with van der Waals surface area (Å²) >= 11 is 3.46. The predicted molar refractivity (Wildman–Crippen MR) is 138 cm³/mol. The Hall–Kier alpha value is -1.80. The molecule has 4 rings (SSSR count). The molecule has 32 heavy (non-hydrogen) atoms. The average molecular weight is 471 g/mol. The summed E-state index contributed by atoms with van der Waals surface area (Å²) in [5.41, 5.74) is 3.54. The summed E-state index contributed by atoms with van der Waals surface area (Å²) in [6.07, 6.45) is 1.53. The lowest BCUT2D eigenvalue weighted by Gasteiger charge is -2.34. The van der Waals surface area contributed by atoms with Crippen molar-refractivity contribution in [2.45, 2.75) is 72.0 Å². The first-order chi connectivity index (χ1) is 15.4. The molecular formula is C25H34N4OS2. The summed E-state index contributed by atoms with van der Waals surface area (Å²) in [5.74, 6) is 0.465. The molecule has 5 nitrogen and oxygen atoms in total. The van der Waals surface area contributed by atoms with Gasteiger partial charge in [-0.05, 0) is 50.8 Å². The van der Waals surface area contributed by atoms with E-state index in [-0.39, 0.29) is 5.91 Å². The molecular weight excluding hydrogens is 436 g/mol. The quantitative estimate of drug-likeness (QED) is 0.420. The summed E-state index contributed by atoms with van der Waals surface area (Å²) in [6.45, 7) is 13.8. The van der Waals surface area contributed by atoms with Gasteiger partial charge in [-0.25, -0.2) is 4.98 Å². The second kappa shape index (κ2) is 10.00. The molecule has 0 bridgehead atoms. The van der Waals surface area contributed by atoms with Crippen LogP contribution >= 0.6 is 22.7 Å². The second-order valence-corrected chi connectivity index (χ2v) is 11.3. The van der Waals surface area contributed by atoms with E-state index in [0.29, 0.717) is 31.0 Å². The van der Waals surface area contributed by atoms with Gasteiger partial charge in [-0.2, -0.15) is 0 Å². The number of hydrogen-bond acceptors (Lipinski definition) is 6. The van der Waals surface area contributed by atoms with Gasteiger partial charge in [-0.15, -0.1) is 22.7 Å². The van der Waals surface area contributed by atoms with Crippen LogP contribution in [0.15, 0.2) is 24.3 Å². The molecule has 0 saturated carbocycles. The normalized spacial score (nSPS) is 17.6. The van der Waals surface area contributed by atoms with Crippen LogP contribution in [-0.2, 0) is 11.3 Å². The Morgan fingerprint density at radius 3 is 2.75 bits per heavy atom. The standard InChI is InChI=1S/C25H34N4OS2/c1-6-17(5)26-12-11-21(30)28-25-23(24-27-18-9-7-8-10-19(18)31-24)22-16(4)13-29(15(2)3)14-20(22)32-25/h7-10,15-17,26H,6,11-14H2,1-5H3,(H,28,30). The maximum atomic E-state index is 12.8. The molecule has 0 aliphatic carbocycles. The van der Waals surface area contributed by atoms with E-state index in [1.165, 1.54) is 15.1 Å². The molecule has 1 aliphatic rings. The van der Waals surface area contributed by atoms with Crippen LogP contribution < -0.4 is 10.6 Å². The third-order valence-corrected chi connectivity index (χ3v) is 8.48. The van der Waals surface area contributed by atoms with Crippen molar-refractivity contribution in [1.82, 2.24) is 15.2 Å². The van der Waals surface area contributed by atoms with Gasteiger partial charge in [0.1, 0.15) is 10.0 Å². The number of carbonyl (C=O) groups is 1. The second-order valence-electron chi connectivity index (χ2n) is 9.12. The van der Waals surface area contributed by atoms with Gasteiger partial charge < -0.3 is 10.6 Å². The van der Waals surface area contributed by atoms with Crippen LogP contribution in [0.4, 0.5) is 5.00 Å². The van der Waals surface area contributed by atoms with Crippen LogP contribution in [0.25, 0.3) is 20.8 Å². The number of anilines is 1. The summed E-state index contributed by atoms with van der Waals surface area (Å²) in [5, 5.41) is 8.64. The van der Waals surface area contributed by atoms with Crippen LogP contribution in [0.2, 0.25) is 0 Å². The number of rotatable bonds is 8. The van der Waals surface area contributed by atoms with Crippen molar-refractivity contribution in [1.29, 1.82) is 0 Å². The number of hydrogen-bond donors (Lipinski definition) is 2. The maximum Gasteiger partial charge on any atom is 0.226 e. The zero-order chi connectivity index (χ0) is 22.8. The maximum absolute atomic E-state index is 12.8. The molecule has 3 aromatic rings. The number of thiophene rings is 1. The van der Waals surface area contributed by atoms with Gasteiger partial charge in [0.25, 0.3) is 0 Å². The monoisotopic (exact) mass is 470 g/mol. The van der Waals surface area contributed by atoms with Crippen LogP contribution in [0.5, 0.6) is 0 Å². The first-order valence-electron chi connectivity index (χ1n) is 11.7. The highest BCUT2D eigenvalue weighted by atomic mass is 32.1. The van der Waals surface area contributed by atoms with E-state index in [1.807, 2.05) is 6.07 Å². The molecule has 2 aromatic heterocycles. The van der Waals surface area contributed by atoms with E-state index in [2.05, 4.69) is 68.4 Å². The van der Waals surface area contributed by atoms with E-state index in [4.69, 9.17) is 4.98 Å². The van der Waals surface area contributed by atoms with Gasteiger partial charge >= 0.3 is 0 Å². The van der Waals surface area contributed by atoms with Gasteiger partial charge in [0.05, 0.1) is 10.2 Å². The van der Waals surface area contributed by atoms with Crippen LogP contribution in [0.1, 0.15) is 63.8 Å². The first kappa shape index (κ1) is 23.4. The molecule has 1 amide bonds. The number of thiazole rings is 1. The molecule has 0 saturated heterocycles. The highest BCUT2D eigenvalue weighted by Crippen LogP contribution is 2.49. The lowest BCUT2D eigenvalue weighted by Crippen LogP contribution is -2.36. The van der Waals surface area contributed by atoms with Crippen molar-refractivity contribution in [3.63, 3.8) is 0 Å². The molecule has 2 N–H and O–H groups in total. The molecule has 0 fully saturated rings. The number of benzene rings is 1. The van der Waals surface area contributed by atoms with Crippen molar-refractivity contribution in [2.24, 2.45) is 0 Å². The highest BCUT2D eigenvalue weighted by Gasteiger charge is 2.32. The SMILES string of the molecule is CCC(C)NCCC(=O)Nc1sc2c(c1-c1nc3ccccc3s1)C(C)CN(C(C)C)C2. The highest BCUT2D eigenvalue weighted by molar-refractivity contribution is 7.23. The zero-order valence-corrected chi connectivity index (χ0v) is 21.3. The molecule has 1 aliphatic heterocycles. The van der Waals surface area contributed by atoms with Gasteiger partial charge in [-0.1, -0.05) is 26.0 Å². The zero-order valence-electron chi connectivity index (χ0n) is 19.7. The summed E-state index contributed by atoms with van der Waals surface area (Å²) in [6, 6.07) is 9.21. The number of fused-ring (bicyclic) bond motifs is 2. The number of aromatic nitrogens is 1. The Labute approximate surface area is 199 Å².